The number of fused-ring (bicyclic) bond motifs is 1. The van der Waals surface area contributed by atoms with Crippen LogP contribution >= 0.6 is 31.7 Å². The van der Waals surface area contributed by atoms with Crippen molar-refractivity contribution in [2.75, 3.05) is 12.9 Å². The minimum absolute atomic E-state index is 0.744. The number of hydrogen-bond donors (Lipinski definition) is 0. The summed E-state index contributed by atoms with van der Waals surface area (Å²) in [6, 6.07) is 12.4. The average molecular weight is 534 g/mol. The summed E-state index contributed by atoms with van der Waals surface area (Å²) in [6.45, 7) is 8.38. The van der Waals surface area contributed by atoms with Gasteiger partial charge in [-0.2, -0.15) is 0 Å². The molecule has 0 aliphatic carbocycles. The summed E-state index contributed by atoms with van der Waals surface area (Å²) in [7, 11) is 4.90. The van der Waals surface area contributed by atoms with Gasteiger partial charge in [0.2, 0.25) is 0 Å². The molecule has 0 unspecified atom stereocenters. The molecular weight excluding hydrogens is 505 g/mol. The first-order chi connectivity index (χ1) is 17.4. The molecule has 5 rings (SSSR count). The summed E-state index contributed by atoms with van der Waals surface area (Å²) < 4.78 is 13.9. The van der Waals surface area contributed by atoms with Crippen molar-refractivity contribution in [3.63, 3.8) is 0 Å². The Morgan fingerprint density at radius 3 is 2.89 bits per heavy atom. The van der Waals surface area contributed by atoms with Crippen molar-refractivity contribution in [1.82, 2.24) is 9.55 Å². The maximum atomic E-state index is 6.27. The summed E-state index contributed by atoms with van der Waals surface area (Å²) in [6.07, 6.45) is 3.83. The average Bonchev–Trinajstić information content (AvgIpc) is 3.59. The van der Waals surface area contributed by atoms with Gasteiger partial charge in [0.15, 0.2) is 10.9 Å². The van der Waals surface area contributed by atoms with Crippen molar-refractivity contribution in [2.45, 2.75) is 36.7 Å². The second kappa shape index (κ2) is 10.7. The van der Waals surface area contributed by atoms with Gasteiger partial charge in [-0.05, 0) is 47.8 Å². The van der Waals surface area contributed by atoms with Crippen molar-refractivity contribution in [3.8, 4) is 17.2 Å². The molecule has 0 atom stereocenters. The highest BCUT2D eigenvalue weighted by atomic mass is 32.2. The van der Waals surface area contributed by atoms with Gasteiger partial charge in [0.1, 0.15) is 17.0 Å². The first kappa shape index (κ1) is 24.9. The van der Waals surface area contributed by atoms with Crippen LogP contribution in [0.2, 0.25) is 0 Å². The predicted molar refractivity (Wildman–Crippen MR) is 154 cm³/mol. The monoisotopic (exact) mass is 533 g/mol. The van der Waals surface area contributed by atoms with E-state index >= 15 is 0 Å². The Morgan fingerprint density at radius 1 is 1.28 bits per heavy atom. The van der Waals surface area contributed by atoms with Crippen LogP contribution in [0.4, 0.5) is 0 Å². The molecule has 1 aromatic carbocycles. The lowest BCUT2D eigenvalue weighted by atomic mass is 10.1. The lowest BCUT2D eigenvalue weighted by Crippen LogP contribution is -1.93. The Balaban J connectivity index is 1.42. The maximum Gasteiger partial charge on any atom is 0.172 e. The van der Waals surface area contributed by atoms with E-state index in [9.17, 15) is 0 Å². The van der Waals surface area contributed by atoms with E-state index in [1.165, 1.54) is 24.8 Å². The fourth-order valence-corrected chi connectivity index (χ4v) is 6.60. The third-order valence-electron chi connectivity index (χ3n) is 6.04. The van der Waals surface area contributed by atoms with E-state index in [4.69, 9.17) is 19.1 Å². The summed E-state index contributed by atoms with van der Waals surface area (Å²) in [5.74, 6) is 4.48. The van der Waals surface area contributed by atoms with E-state index in [1.807, 2.05) is 23.9 Å². The molecule has 0 N–H and O–H groups in total. The van der Waals surface area contributed by atoms with E-state index in [0.29, 0.717) is 0 Å². The Hall–Kier alpha value is -2.73. The molecule has 0 fully saturated rings. The van der Waals surface area contributed by atoms with Gasteiger partial charge in [0.05, 0.1) is 18.5 Å². The van der Waals surface area contributed by atoms with Crippen molar-refractivity contribution >= 4 is 48.4 Å². The van der Waals surface area contributed by atoms with Crippen LogP contribution in [0.15, 0.2) is 90.6 Å². The van der Waals surface area contributed by atoms with Gasteiger partial charge in [0.25, 0.3) is 0 Å². The molecule has 3 aromatic heterocycles. The number of allylic oxidation sites excluding steroid dienone is 2. The predicted octanol–water partition coefficient (Wildman–Crippen LogP) is 8.70. The molecule has 0 spiro atoms. The number of hydrogen-bond acceptors (Lipinski definition) is 6. The van der Waals surface area contributed by atoms with E-state index < -0.39 is 0 Å². The number of aromatic nitrogens is 2. The molecule has 8 heteroatoms. The van der Waals surface area contributed by atoms with Crippen LogP contribution in [0.25, 0.3) is 22.4 Å². The van der Waals surface area contributed by atoms with E-state index in [-0.39, 0.29) is 0 Å². The SMILES string of the molecule is C=C(CC)Sc1nc(-c2cc3c(SCC4=C(C)CC(c5ccccp5)=N4)cc(OC)cc3o2)cn1C. The minimum Gasteiger partial charge on any atom is -0.497 e. The number of furan rings is 1. The van der Waals surface area contributed by atoms with Crippen LogP contribution in [-0.2, 0) is 7.05 Å². The van der Waals surface area contributed by atoms with Crippen LogP contribution in [-0.4, -0.2) is 28.1 Å². The molecule has 5 nitrogen and oxygen atoms in total. The quantitative estimate of drug-likeness (QED) is 0.201. The zero-order chi connectivity index (χ0) is 25.2. The molecule has 0 radical (unpaired) electrons. The van der Waals surface area contributed by atoms with Crippen LogP contribution in [0.3, 0.4) is 0 Å². The fraction of sp³-hybridized carbons (Fsp3) is 0.250. The van der Waals surface area contributed by atoms with Crippen molar-refractivity contribution in [1.29, 1.82) is 0 Å². The minimum atomic E-state index is 0.744. The van der Waals surface area contributed by atoms with Crippen molar-refractivity contribution < 1.29 is 9.15 Å². The first-order valence-corrected chi connectivity index (χ1v) is 14.5. The third kappa shape index (κ3) is 5.19. The second-order valence-corrected chi connectivity index (χ2v) is 11.8. The Labute approximate surface area is 221 Å². The molecule has 1 aliphatic heterocycles. The number of rotatable bonds is 9. The standard InChI is InChI=1S/C28H28N3O2PS2/c1-6-18(3)36-28-30-22(15-31(28)4)25-14-20-24(33-25)12-19(32-5)13-27(20)35-16-23-17(2)11-21(29-23)26-9-7-8-10-34-26/h7-10,12-15H,3,6,11,16H2,1-2,4-5H3. The summed E-state index contributed by atoms with van der Waals surface area (Å²) in [4.78, 5) is 12.0. The van der Waals surface area contributed by atoms with E-state index in [0.717, 1.165) is 67.4 Å². The van der Waals surface area contributed by atoms with Gasteiger partial charge in [-0.25, -0.2) is 4.98 Å². The molecular formula is C28H28N3O2PS2. The van der Waals surface area contributed by atoms with Crippen LogP contribution < -0.4 is 4.74 Å². The lowest BCUT2D eigenvalue weighted by Gasteiger charge is -2.06. The number of methoxy groups -OCH3 is 1. The highest BCUT2D eigenvalue weighted by Gasteiger charge is 2.19. The maximum absolute atomic E-state index is 6.27. The number of thioether (sulfide) groups is 2. The highest BCUT2D eigenvalue weighted by Crippen LogP contribution is 2.39. The molecule has 0 saturated carbocycles. The number of ether oxygens (including phenoxy) is 1. The molecule has 36 heavy (non-hydrogen) atoms. The van der Waals surface area contributed by atoms with Crippen molar-refractivity contribution in [3.05, 3.63) is 76.4 Å². The van der Waals surface area contributed by atoms with Gasteiger partial charge in [-0.3, -0.25) is 4.99 Å². The number of aryl methyl sites for hydroxylation is 1. The normalized spacial score (nSPS) is 13.7. The third-order valence-corrected chi connectivity index (χ3v) is 9.26. The fourth-order valence-electron chi connectivity index (χ4n) is 3.94. The topological polar surface area (TPSA) is 52.6 Å². The van der Waals surface area contributed by atoms with Crippen LogP contribution in [0.1, 0.15) is 32.0 Å². The summed E-state index contributed by atoms with van der Waals surface area (Å²) in [5.41, 5.74) is 5.27. The molecule has 1 aliphatic rings. The smallest absolute Gasteiger partial charge is 0.172 e. The molecule has 0 bridgehead atoms. The van der Waals surface area contributed by atoms with Gasteiger partial charge < -0.3 is 13.7 Å². The largest absolute Gasteiger partial charge is 0.497 e. The van der Waals surface area contributed by atoms with Gasteiger partial charge in [-0.15, -0.1) is 11.8 Å². The molecule has 184 valence electrons. The number of benzene rings is 1. The summed E-state index contributed by atoms with van der Waals surface area (Å²) >= 11 is 3.37. The summed E-state index contributed by atoms with van der Waals surface area (Å²) in [5, 5.41) is 3.25. The Kier molecular flexibility index (Phi) is 7.42. The zero-order valence-corrected chi connectivity index (χ0v) is 23.4. The Bertz CT molecular complexity index is 1500. The molecule has 4 heterocycles. The molecule has 0 saturated heterocycles. The zero-order valence-electron chi connectivity index (χ0n) is 20.9. The Morgan fingerprint density at radius 2 is 2.14 bits per heavy atom. The van der Waals surface area contributed by atoms with E-state index in [1.54, 1.807) is 30.6 Å². The van der Waals surface area contributed by atoms with Crippen molar-refractivity contribution in [2.24, 2.45) is 12.0 Å². The van der Waals surface area contributed by atoms with Gasteiger partial charge in [-0.1, -0.05) is 45.6 Å². The lowest BCUT2D eigenvalue weighted by molar-refractivity contribution is 0.413. The number of nitrogens with zero attached hydrogens (tertiary/aromatic N) is 3. The van der Waals surface area contributed by atoms with Gasteiger partial charge in [0, 0.05) is 47.1 Å². The van der Waals surface area contributed by atoms with Crippen LogP contribution in [0, 0.1) is 0 Å². The number of aliphatic imine (C=N–C) groups is 1. The van der Waals surface area contributed by atoms with E-state index in [2.05, 4.69) is 56.6 Å². The first-order valence-electron chi connectivity index (χ1n) is 11.8. The van der Waals surface area contributed by atoms with Gasteiger partial charge >= 0.3 is 0 Å². The molecule has 0 amide bonds. The molecule has 4 aromatic rings. The highest BCUT2D eigenvalue weighted by molar-refractivity contribution is 8.02. The number of imidazole rings is 1. The second-order valence-electron chi connectivity index (χ2n) is 8.63. The van der Waals surface area contributed by atoms with Crippen LogP contribution in [0.5, 0.6) is 5.75 Å².